The Hall–Kier alpha value is -2.50. The molecule has 1 saturated heterocycles. The number of sulfonamides is 1. The van der Waals surface area contributed by atoms with E-state index in [1.807, 2.05) is 17.2 Å². The second-order valence-corrected chi connectivity index (χ2v) is 10.1. The number of piperazine rings is 1. The number of carbonyl (C=O) groups excluding carboxylic acids is 1. The summed E-state index contributed by atoms with van der Waals surface area (Å²) in [6.07, 6.45) is 5.23. The maximum absolute atomic E-state index is 13.1. The molecule has 4 heterocycles. The summed E-state index contributed by atoms with van der Waals surface area (Å²) >= 11 is 0.928. The van der Waals surface area contributed by atoms with Crippen LogP contribution in [0.25, 0.3) is 11.0 Å². The van der Waals surface area contributed by atoms with Gasteiger partial charge in [0.25, 0.3) is 5.91 Å². The Bertz CT molecular complexity index is 1180. The SMILES string of the molecule is NS(=O)(=O)c1ccc(C(=O)N2CCN(c3ncnc4[nH]ccc34)CC23CC3)s1. The number of carbonyl (C=O) groups is 1. The summed E-state index contributed by atoms with van der Waals surface area (Å²) in [6, 6.07) is 4.90. The molecule has 1 aliphatic heterocycles. The lowest BCUT2D eigenvalue weighted by Gasteiger charge is -2.42. The number of primary sulfonamides is 1. The van der Waals surface area contributed by atoms with E-state index in [9.17, 15) is 13.2 Å². The molecule has 9 nitrogen and oxygen atoms in total. The van der Waals surface area contributed by atoms with Crippen LogP contribution in [0.5, 0.6) is 0 Å². The zero-order valence-electron chi connectivity index (χ0n) is 14.8. The predicted molar refractivity (Wildman–Crippen MR) is 105 cm³/mol. The third kappa shape index (κ3) is 2.77. The highest BCUT2D eigenvalue weighted by Crippen LogP contribution is 2.46. The van der Waals surface area contributed by atoms with Crippen LogP contribution in [0.1, 0.15) is 22.5 Å². The third-order valence-electron chi connectivity index (χ3n) is 5.43. The minimum Gasteiger partial charge on any atom is -0.352 e. The van der Waals surface area contributed by atoms with Gasteiger partial charge < -0.3 is 14.8 Å². The van der Waals surface area contributed by atoms with E-state index in [2.05, 4.69) is 19.9 Å². The van der Waals surface area contributed by atoms with E-state index >= 15 is 0 Å². The lowest BCUT2D eigenvalue weighted by molar-refractivity contribution is 0.0629. The first-order valence-electron chi connectivity index (χ1n) is 8.85. The van der Waals surface area contributed by atoms with Gasteiger partial charge in [-0.05, 0) is 31.0 Å². The van der Waals surface area contributed by atoms with Crippen LogP contribution in [-0.4, -0.2) is 59.4 Å². The van der Waals surface area contributed by atoms with Crippen LogP contribution in [-0.2, 0) is 10.0 Å². The Kier molecular flexibility index (Phi) is 3.77. The standard InChI is InChI=1S/C17H18N6O3S2/c18-28(25,26)13-2-1-12(27-13)16(24)23-8-7-22(9-17(23)4-5-17)15-11-3-6-19-14(11)20-10-21-15/h1-3,6,10H,4-5,7-9H2,(H2,18,25,26)(H,19,20,21). The van der Waals surface area contributed by atoms with Crippen LogP contribution in [0, 0.1) is 0 Å². The number of rotatable bonds is 3. The Labute approximate surface area is 165 Å². The number of nitrogens with zero attached hydrogens (tertiary/aromatic N) is 4. The van der Waals surface area contributed by atoms with Crippen LogP contribution in [0.2, 0.25) is 0 Å². The monoisotopic (exact) mass is 418 g/mol. The second kappa shape index (κ2) is 6.00. The Morgan fingerprint density at radius 2 is 2.04 bits per heavy atom. The van der Waals surface area contributed by atoms with Crippen LogP contribution in [0.3, 0.4) is 0 Å². The lowest BCUT2D eigenvalue weighted by Crippen LogP contribution is -2.57. The van der Waals surface area contributed by atoms with E-state index < -0.39 is 10.0 Å². The number of nitrogens with one attached hydrogen (secondary N) is 1. The summed E-state index contributed by atoms with van der Waals surface area (Å²) in [5, 5.41) is 6.14. The molecular formula is C17H18N6O3S2. The van der Waals surface area contributed by atoms with Crippen molar-refractivity contribution in [1.82, 2.24) is 19.9 Å². The van der Waals surface area contributed by atoms with Crippen molar-refractivity contribution < 1.29 is 13.2 Å². The molecule has 3 aromatic heterocycles. The summed E-state index contributed by atoms with van der Waals surface area (Å²) in [5.41, 5.74) is 0.566. The first-order valence-corrected chi connectivity index (χ1v) is 11.2. The van der Waals surface area contributed by atoms with Crippen molar-refractivity contribution in [3.63, 3.8) is 0 Å². The molecule has 0 bridgehead atoms. The minimum absolute atomic E-state index is 0.00942. The van der Waals surface area contributed by atoms with E-state index in [-0.39, 0.29) is 15.7 Å². The average Bonchev–Trinajstić information content (AvgIpc) is 3.11. The van der Waals surface area contributed by atoms with Crippen LogP contribution < -0.4 is 10.0 Å². The highest BCUT2D eigenvalue weighted by atomic mass is 32.2. The summed E-state index contributed by atoms with van der Waals surface area (Å²) in [5.74, 6) is 0.740. The zero-order chi connectivity index (χ0) is 19.5. The van der Waals surface area contributed by atoms with Gasteiger partial charge in [-0.15, -0.1) is 11.3 Å². The number of amides is 1. The molecule has 0 unspecified atom stereocenters. The molecule has 5 rings (SSSR count). The van der Waals surface area contributed by atoms with Gasteiger partial charge in [0.2, 0.25) is 10.0 Å². The summed E-state index contributed by atoms with van der Waals surface area (Å²) < 4.78 is 23.0. The molecular weight excluding hydrogens is 400 g/mol. The zero-order valence-corrected chi connectivity index (χ0v) is 16.5. The first-order chi connectivity index (χ1) is 13.4. The highest BCUT2D eigenvalue weighted by molar-refractivity contribution is 7.91. The Morgan fingerprint density at radius 3 is 2.75 bits per heavy atom. The van der Waals surface area contributed by atoms with Crippen molar-refractivity contribution in [2.24, 2.45) is 5.14 Å². The first kappa shape index (κ1) is 17.6. The minimum atomic E-state index is -3.80. The molecule has 0 atom stereocenters. The second-order valence-electron chi connectivity index (χ2n) is 7.20. The molecule has 2 aliphatic rings. The van der Waals surface area contributed by atoms with Gasteiger partial charge in [-0.3, -0.25) is 4.79 Å². The average molecular weight is 419 g/mol. The quantitative estimate of drug-likeness (QED) is 0.657. The number of anilines is 1. The Morgan fingerprint density at radius 1 is 1.21 bits per heavy atom. The summed E-state index contributed by atoms with van der Waals surface area (Å²) in [4.78, 5) is 29.4. The van der Waals surface area contributed by atoms with Crippen LogP contribution in [0.15, 0.2) is 34.9 Å². The van der Waals surface area contributed by atoms with E-state index in [0.29, 0.717) is 24.5 Å². The molecule has 0 aromatic carbocycles. The van der Waals surface area contributed by atoms with Crippen molar-refractivity contribution in [2.45, 2.75) is 22.6 Å². The number of thiophene rings is 1. The van der Waals surface area contributed by atoms with Gasteiger partial charge in [0.05, 0.1) is 15.8 Å². The van der Waals surface area contributed by atoms with E-state index in [1.54, 1.807) is 12.4 Å². The number of fused-ring (bicyclic) bond motifs is 1. The predicted octanol–water partition coefficient (Wildman–Crippen LogP) is 1.16. The van der Waals surface area contributed by atoms with Crippen molar-refractivity contribution >= 4 is 44.1 Å². The van der Waals surface area contributed by atoms with Crippen LogP contribution >= 0.6 is 11.3 Å². The van der Waals surface area contributed by atoms with Gasteiger partial charge in [0.15, 0.2) is 0 Å². The maximum atomic E-state index is 13.1. The molecule has 1 amide bonds. The lowest BCUT2D eigenvalue weighted by atomic mass is 10.1. The van der Waals surface area contributed by atoms with Gasteiger partial charge in [-0.25, -0.2) is 23.5 Å². The van der Waals surface area contributed by atoms with Crippen molar-refractivity contribution in [2.75, 3.05) is 24.5 Å². The number of H-pyrrole nitrogens is 1. The van der Waals surface area contributed by atoms with Gasteiger partial charge in [0.1, 0.15) is 22.0 Å². The van der Waals surface area contributed by atoms with Crippen molar-refractivity contribution in [3.8, 4) is 0 Å². The number of hydrogen-bond donors (Lipinski definition) is 2. The number of aromatic amines is 1. The maximum Gasteiger partial charge on any atom is 0.264 e. The fourth-order valence-electron chi connectivity index (χ4n) is 3.88. The van der Waals surface area contributed by atoms with Crippen LogP contribution in [0.4, 0.5) is 5.82 Å². The molecule has 3 N–H and O–H groups in total. The largest absolute Gasteiger partial charge is 0.352 e. The normalized spacial score (nSPS) is 18.8. The fourth-order valence-corrected chi connectivity index (χ4v) is 5.56. The van der Waals surface area contributed by atoms with Gasteiger partial charge in [0, 0.05) is 25.8 Å². The number of nitrogens with two attached hydrogens (primary N) is 1. The summed E-state index contributed by atoms with van der Waals surface area (Å²) in [7, 11) is -3.80. The van der Waals surface area contributed by atoms with E-state index in [0.717, 1.165) is 41.0 Å². The molecule has 146 valence electrons. The molecule has 1 aliphatic carbocycles. The van der Waals surface area contributed by atoms with Crippen molar-refractivity contribution in [3.05, 3.63) is 35.6 Å². The van der Waals surface area contributed by atoms with E-state index in [4.69, 9.17) is 5.14 Å². The number of hydrogen-bond acceptors (Lipinski definition) is 7. The molecule has 1 saturated carbocycles. The molecule has 11 heteroatoms. The van der Waals surface area contributed by atoms with Gasteiger partial charge >= 0.3 is 0 Å². The molecule has 2 fully saturated rings. The number of aromatic nitrogens is 3. The van der Waals surface area contributed by atoms with Gasteiger partial charge in [-0.1, -0.05) is 0 Å². The van der Waals surface area contributed by atoms with Gasteiger partial charge in [-0.2, -0.15) is 0 Å². The fraction of sp³-hybridized carbons (Fsp3) is 0.353. The van der Waals surface area contributed by atoms with E-state index in [1.165, 1.54) is 6.07 Å². The molecule has 0 radical (unpaired) electrons. The Balaban J connectivity index is 1.41. The summed E-state index contributed by atoms with van der Waals surface area (Å²) in [6.45, 7) is 1.90. The smallest absolute Gasteiger partial charge is 0.264 e. The highest BCUT2D eigenvalue weighted by Gasteiger charge is 2.53. The molecule has 28 heavy (non-hydrogen) atoms. The molecule has 1 spiro atoms. The van der Waals surface area contributed by atoms with Crippen molar-refractivity contribution in [1.29, 1.82) is 0 Å². The third-order valence-corrected chi connectivity index (χ3v) is 7.94. The topological polar surface area (TPSA) is 125 Å². The molecule has 3 aromatic rings.